The zero-order chi connectivity index (χ0) is 17.3. The van der Waals surface area contributed by atoms with Crippen LogP contribution in [0.5, 0.6) is 11.5 Å². The third-order valence-corrected chi connectivity index (χ3v) is 6.13. The Morgan fingerprint density at radius 3 is 2.50 bits per heavy atom. The minimum absolute atomic E-state index is 0.282. The van der Waals surface area contributed by atoms with Gasteiger partial charge in [0.25, 0.3) is 10.0 Å². The molecule has 6 heteroatoms. The summed E-state index contributed by atoms with van der Waals surface area (Å²) in [5.41, 5.74) is 2.52. The van der Waals surface area contributed by atoms with E-state index in [9.17, 15) is 8.42 Å². The second kappa shape index (κ2) is 6.36. The van der Waals surface area contributed by atoms with Gasteiger partial charge in [-0.2, -0.15) is 0 Å². The zero-order valence-electron chi connectivity index (χ0n) is 14.1. The van der Waals surface area contributed by atoms with Gasteiger partial charge in [-0.1, -0.05) is 0 Å². The summed E-state index contributed by atoms with van der Waals surface area (Å²) in [6.07, 6.45) is 1.63. The smallest absolute Gasteiger partial charge is 0.264 e. The first-order valence-corrected chi connectivity index (χ1v) is 9.25. The number of benzene rings is 2. The molecule has 0 atom stereocenters. The highest BCUT2D eigenvalue weighted by Gasteiger charge is 2.29. The van der Waals surface area contributed by atoms with Gasteiger partial charge < -0.3 is 9.47 Å². The molecule has 0 fully saturated rings. The van der Waals surface area contributed by atoms with E-state index in [1.54, 1.807) is 38.5 Å². The molecule has 5 nitrogen and oxygen atoms in total. The van der Waals surface area contributed by atoms with Crippen LogP contribution in [-0.2, 0) is 16.4 Å². The molecule has 1 aliphatic heterocycles. The highest BCUT2D eigenvalue weighted by Crippen LogP contribution is 2.35. The van der Waals surface area contributed by atoms with Crippen LogP contribution < -0.4 is 13.8 Å². The number of nitrogens with zero attached hydrogens (tertiary/aromatic N) is 1. The number of anilines is 1. The number of rotatable bonds is 4. The molecule has 1 heterocycles. The Bertz CT molecular complexity index is 861. The minimum atomic E-state index is -3.61. The molecule has 0 radical (unpaired) electrons. The molecule has 0 aliphatic carbocycles. The average Bonchev–Trinajstić information content (AvgIpc) is 2.60. The van der Waals surface area contributed by atoms with Gasteiger partial charge in [0.2, 0.25) is 0 Å². The summed E-state index contributed by atoms with van der Waals surface area (Å²) in [7, 11) is -0.421. The molecule has 2 aromatic carbocycles. The van der Waals surface area contributed by atoms with Crippen molar-refractivity contribution in [3.8, 4) is 11.5 Å². The van der Waals surface area contributed by atoms with Gasteiger partial charge in [0, 0.05) is 6.54 Å². The first-order valence-electron chi connectivity index (χ1n) is 7.81. The van der Waals surface area contributed by atoms with E-state index in [4.69, 9.17) is 9.47 Å². The number of aryl methyl sites for hydroxylation is 2. The van der Waals surface area contributed by atoms with Crippen LogP contribution in [0.15, 0.2) is 41.3 Å². The van der Waals surface area contributed by atoms with Gasteiger partial charge in [0.1, 0.15) is 11.5 Å². The van der Waals surface area contributed by atoms with Crippen molar-refractivity contribution in [2.24, 2.45) is 0 Å². The summed E-state index contributed by atoms with van der Waals surface area (Å²) in [6, 6.07) is 10.5. The van der Waals surface area contributed by atoms with Crippen molar-refractivity contribution in [1.82, 2.24) is 0 Å². The topological polar surface area (TPSA) is 55.8 Å². The molecule has 3 rings (SSSR count). The van der Waals surface area contributed by atoms with Crippen LogP contribution in [-0.4, -0.2) is 29.2 Å². The molecule has 0 aromatic heterocycles. The second-order valence-corrected chi connectivity index (χ2v) is 7.67. The Morgan fingerprint density at radius 1 is 1.04 bits per heavy atom. The fourth-order valence-corrected chi connectivity index (χ4v) is 4.68. The van der Waals surface area contributed by atoms with Gasteiger partial charge >= 0.3 is 0 Å². The molecule has 0 amide bonds. The number of sulfonamides is 1. The van der Waals surface area contributed by atoms with Gasteiger partial charge in [-0.15, -0.1) is 0 Å². The summed E-state index contributed by atoms with van der Waals surface area (Å²) >= 11 is 0. The molecule has 0 spiro atoms. The Hall–Kier alpha value is -2.21. The van der Waals surface area contributed by atoms with Crippen molar-refractivity contribution in [3.05, 3.63) is 47.5 Å². The van der Waals surface area contributed by atoms with Crippen LogP contribution >= 0.6 is 0 Å². The van der Waals surface area contributed by atoms with Crippen LogP contribution in [0.3, 0.4) is 0 Å². The highest BCUT2D eigenvalue weighted by atomic mass is 32.2. The molecule has 128 valence electrons. The molecule has 0 unspecified atom stereocenters. The van der Waals surface area contributed by atoms with Crippen molar-refractivity contribution in [2.75, 3.05) is 25.1 Å². The number of ether oxygens (including phenoxy) is 2. The van der Waals surface area contributed by atoms with Crippen molar-refractivity contribution in [3.63, 3.8) is 0 Å². The highest BCUT2D eigenvalue weighted by molar-refractivity contribution is 7.92. The lowest BCUT2D eigenvalue weighted by molar-refractivity contribution is 0.411. The zero-order valence-corrected chi connectivity index (χ0v) is 14.9. The molecule has 0 saturated heterocycles. The maximum atomic E-state index is 13.1. The number of hydrogen-bond donors (Lipinski definition) is 0. The Balaban J connectivity index is 2.04. The van der Waals surface area contributed by atoms with Crippen molar-refractivity contribution in [1.29, 1.82) is 0 Å². The van der Waals surface area contributed by atoms with Gasteiger partial charge in [0.05, 0.1) is 24.8 Å². The first kappa shape index (κ1) is 16.6. The summed E-state index contributed by atoms with van der Waals surface area (Å²) in [5, 5.41) is 0. The molecule has 0 saturated carbocycles. The molecule has 0 bridgehead atoms. The average molecular weight is 347 g/mol. The fourth-order valence-electron chi connectivity index (χ4n) is 3.05. The van der Waals surface area contributed by atoms with Gasteiger partial charge in [-0.25, -0.2) is 8.42 Å². The summed E-state index contributed by atoms with van der Waals surface area (Å²) in [5.74, 6) is 1.42. The third-order valence-electron chi connectivity index (χ3n) is 4.32. The molecular formula is C18H21NO4S. The maximum absolute atomic E-state index is 13.1. The number of methoxy groups -OCH3 is 2. The molecule has 24 heavy (non-hydrogen) atoms. The normalized spacial score (nSPS) is 14.2. The van der Waals surface area contributed by atoms with Crippen LogP contribution in [0, 0.1) is 6.92 Å². The van der Waals surface area contributed by atoms with E-state index >= 15 is 0 Å². The van der Waals surface area contributed by atoms with E-state index in [1.807, 2.05) is 19.1 Å². The third kappa shape index (κ3) is 2.82. The van der Waals surface area contributed by atoms with Gasteiger partial charge in [-0.3, -0.25) is 4.31 Å². The van der Waals surface area contributed by atoms with Crippen LogP contribution in [0.4, 0.5) is 5.69 Å². The van der Waals surface area contributed by atoms with Gasteiger partial charge in [0.15, 0.2) is 0 Å². The SMILES string of the molecule is COc1ccc2c(c1)CCCN2S(=O)(=O)c1ccc(OC)c(C)c1. The molecule has 2 aromatic rings. The van der Waals surface area contributed by atoms with Crippen LogP contribution in [0.2, 0.25) is 0 Å². The van der Waals surface area contributed by atoms with Crippen molar-refractivity contribution < 1.29 is 17.9 Å². The minimum Gasteiger partial charge on any atom is -0.497 e. The first-order chi connectivity index (χ1) is 11.5. The molecular weight excluding hydrogens is 326 g/mol. The largest absolute Gasteiger partial charge is 0.497 e. The van der Waals surface area contributed by atoms with Crippen molar-refractivity contribution >= 4 is 15.7 Å². The lowest BCUT2D eigenvalue weighted by Gasteiger charge is -2.31. The van der Waals surface area contributed by atoms with E-state index in [1.165, 1.54) is 4.31 Å². The monoisotopic (exact) mass is 347 g/mol. The van der Waals surface area contributed by atoms with E-state index in [-0.39, 0.29) is 4.90 Å². The van der Waals surface area contributed by atoms with Crippen LogP contribution in [0.25, 0.3) is 0 Å². The van der Waals surface area contributed by atoms with E-state index in [2.05, 4.69) is 0 Å². The summed E-state index contributed by atoms with van der Waals surface area (Å²) in [4.78, 5) is 0.282. The van der Waals surface area contributed by atoms with E-state index < -0.39 is 10.0 Å². The number of fused-ring (bicyclic) bond motifs is 1. The fraction of sp³-hybridized carbons (Fsp3) is 0.333. The van der Waals surface area contributed by atoms with Gasteiger partial charge in [-0.05, 0) is 67.3 Å². The quantitative estimate of drug-likeness (QED) is 0.852. The Labute approximate surface area is 142 Å². The van der Waals surface area contributed by atoms with Crippen molar-refractivity contribution in [2.45, 2.75) is 24.7 Å². The Kier molecular flexibility index (Phi) is 4.41. The second-order valence-electron chi connectivity index (χ2n) is 5.81. The van der Waals surface area contributed by atoms with E-state index in [0.29, 0.717) is 12.3 Å². The predicted octanol–water partition coefficient (Wildman–Crippen LogP) is 3.15. The predicted molar refractivity (Wildman–Crippen MR) is 93.6 cm³/mol. The lowest BCUT2D eigenvalue weighted by atomic mass is 10.0. The van der Waals surface area contributed by atoms with E-state index in [0.717, 1.165) is 35.4 Å². The summed E-state index contributed by atoms with van der Waals surface area (Å²) in [6.45, 7) is 2.32. The standard InChI is InChI=1S/C18H21NO4S/c1-13-11-16(7-9-18(13)23-3)24(20,21)19-10-4-5-14-12-15(22-2)6-8-17(14)19/h6-9,11-12H,4-5,10H2,1-3H3. The van der Waals surface area contributed by atoms with Crippen LogP contribution in [0.1, 0.15) is 17.5 Å². The Morgan fingerprint density at radius 2 is 1.83 bits per heavy atom. The number of hydrogen-bond acceptors (Lipinski definition) is 4. The lowest BCUT2D eigenvalue weighted by Crippen LogP contribution is -2.35. The summed E-state index contributed by atoms with van der Waals surface area (Å²) < 4.78 is 38.2. The maximum Gasteiger partial charge on any atom is 0.264 e. The molecule has 1 aliphatic rings. The molecule has 0 N–H and O–H groups in total.